The number of furan rings is 1. The van der Waals surface area contributed by atoms with E-state index in [0.717, 1.165) is 16.5 Å². The predicted molar refractivity (Wildman–Crippen MR) is 61.6 cm³/mol. The summed E-state index contributed by atoms with van der Waals surface area (Å²) < 4.78 is 5.47. The van der Waals surface area contributed by atoms with Gasteiger partial charge in [-0.15, -0.1) is 0 Å². The average Bonchev–Trinajstić information content (AvgIpc) is 2.72. The van der Waals surface area contributed by atoms with Crippen molar-refractivity contribution < 1.29 is 4.42 Å². The van der Waals surface area contributed by atoms with Crippen molar-refractivity contribution in [3.05, 3.63) is 48.2 Å². The fourth-order valence-electron chi connectivity index (χ4n) is 2.02. The molecule has 2 heteroatoms. The molecule has 0 aliphatic heterocycles. The lowest BCUT2D eigenvalue weighted by Gasteiger charge is -1.99. The van der Waals surface area contributed by atoms with E-state index in [2.05, 4.69) is 18.2 Å². The SMILES string of the molecule is NCc1coc2ccc3ccccc3c12. The zero-order chi connectivity index (χ0) is 10.3. The van der Waals surface area contributed by atoms with Gasteiger partial charge in [0.25, 0.3) is 0 Å². The lowest BCUT2D eigenvalue weighted by Crippen LogP contribution is -1.94. The lowest BCUT2D eigenvalue weighted by atomic mass is 10.0. The third kappa shape index (κ3) is 1.15. The molecule has 0 bridgehead atoms. The molecule has 3 rings (SSSR count). The van der Waals surface area contributed by atoms with Gasteiger partial charge in [0.1, 0.15) is 5.58 Å². The van der Waals surface area contributed by atoms with Crippen LogP contribution in [0, 0.1) is 0 Å². The summed E-state index contributed by atoms with van der Waals surface area (Å²) in [5, 5.41) is 3.58. The summed E-state index contributed by atoms with van der Waals surface area (Å²) in [6.07, 6.45) is 1.75. The summed E-state index contributed by atoms with van der Waals surface area (Å²) >= 11 is 0. The van der Waals surface area contributed by atoms with Crippen LogP contribution in [0.2, 0.25) is 0 Å². The summed E-state index contributed by atoms with van der Waals surface area (Å²) in [4.78, 5) is 0. The van der Waals surface area contributed by atoms with Crippen LogP contribution in [0.5, 0.6) is 0 Å². The molecular weight excluding hydrogens is 186 g/mol. The molecule has 0 aliphatic carbocycles. The normalized spacial score (nSPS) is 11.3. The van der Waals surface area contributed by atoms with E-state index in [9.17, 15) is 0 Å². The third-order valence-electron chi connectivity index (χ3n) is 2.76. The van der Waals surface area contributed by atoms with Gasteiger partial charge >= 0.3 is 0 Å². The van der Waals surface area contributed by atoms with Gasteiger partial charge in [-0.05, 0) is 16.8 Å². The molecule has 0 fully saturated rings. The molecule has 15 heavy (non-hydrogen) atoms. The van der Waals surface area contributed by atoms with Crippen LogP contribution >= 0.6 is 0 Å². The second-order valence-electron chi connectivity index (χ2n) is 3.62. The molecule has 0 aliphatic rings. The van der Waals surface area contributed by atoms with Gasteiger partial charge in [-0.2, -0.15) is 0 Å². The Morgan fingerprint density at radius 1 is 1.07 bits per heavy atom. The van der Waals surface area contributed by atoms with E-state index >= 15 is 0 Å². The van der Waals surface area contributed by atoms with E-state index in [0.29, 0.717) is 6.54 Å². The second-order valence-corrected chi connectivity index (χ2v) is 3.62. The predicted octanol–water partition coefficient (Wildman–Crippen LogP) is 3.04. The number of nitrogens with two attached hydrogens (primary N) is 1. The minimum absolute atomic E-state index is 0.515. The molecule has 74 valence electrons. The number of benzene rings is 2. The highest BCUT2D eigenvalue weighted by Gasteiger charge is 2.07. The van der Waals surface area contributed by atoms with Gasteiger partial charge in [-0.3, -0.25) is 0 Å². The Morgan fingerprint density at radius 2 is 1.93 bits per heavy atom. The molecule has 2 nitrogen and oxygen atoms in total. The molecule has 3 aromatic rings. The van der Waals surface area contributed by atoms with Gasteiger partial charge in [0.15, 0.2) is 0 Å². The fraction of sp³-hybridized carbons (Fsp3) is 0.0769. The van der Waals surface area contributed by atoms with Crippen molar-refractivity contribution in [1.82, 2.24) is 0 Å². The highest BCUT2D eigenvalue weighted by molar-refractivity contribution is 6.07. The first-order valence-corrected chi connectivity index (χ1v) is 4.98. The van der Waals surface area contributed by atoms with Gasteiger partial charge in [-0.25, -0.2) is 0 Å². The van der Waals surface area contributed by atoms with E-state index in [1.807, 2.05) is 18.2 Å². The van der Waals surface area contributed by atoms with Crippen molar-refractivity contribution >= 4 is 21.7 Å². The van der Waals surface area contributed by atoms with Crippen LogP contribution in [0.15, 0.2) is 47.1 Å². The Morgan fingerprint density at radius 3 is 2.80 bits per heavy atom. The van der Waals surface area contributed by atoms with Crippen LogP contribution in [0.25, 0.3) is 21.7 Å². The average molecular weight is 197 g/mol. The van der Waals surface area contributed by atoms with Crippen LogP contribution in [0.3, 0.4) is 0 Å². The zero-order valence-corrected chi connectivity index (χ0v) is 8.23. The number of hydrogen-bond acceptors (Lipinski definition) is 2. The van der Waals surface area contributed by atoms with Crippen molar-refractivity contribution in [2.45, 2.75) is 6.54 Å². The van der Waals surface area contributed by atoms with Gasteiger partial charge in [0.05, 0.1) is 6.26 Å². The molecule has 1 heterocycles. The van der Waals surface area contributed by atoms with E-state index in [1.54, 1.807) is 6.26 Å². The van der Waals surface area contributed by atoms with Gasteiger partial charge < -0.3 is 10.2 Å². The lowest BCUT2D eigenvalue weighted by molar-refractivity contribution is 0.611. The zero-order valence-electron chi connectivity index (χ0n) is 8.23. The molecule has 0 amide bonds. The van der Waals surface area contributed by atoms with Crippen LogP contribution in [0.1, 0.15) is 5.56 Å². The smallest absolute Gasteiger partial charge is 0.134 e. The molecule has 0 saturated carbocycles. The Balaban J connectivity index is 2.56. The molecule has 0 atom stereocenters. The van der Waals surface area contributed by atoms with E-state index in [-0.39, 0.29) is 0 Å². The van der Waals surface area contributed by atoms with E-state index < -0.39 is 0 Å². The number of hydrogen-bond donors (Lipinski definition) is 1. The maximum absolute atomic E-state index is 5.69. The van der Waals surface area contributed by atoms with Crippen molar-refractivity contribution in [1.29, 1.82) is 0 Å². The molecule has 0 radical (unpaired) electrons. The second kappa shape index (κ2) is 3.11. The summed E-state index contributed by atoms with van der Waals surface area (Å²) in [5.41, 5.74) is 7.67. The van der Waals surface area contributed by atoms with Crippen molar-refractivity contribution in [3.8, 4) is 0 Å². The largest absolute Gasteiger partial charge is 0.464 e. The molecule has 2 N–H and O–H groups in total. The van der Waals surface area contributed by atoms with Crippen LogP contribution in [0.4, 0.5) is 0 Å². The third-order valence-corrected chi connectivity index (χ3v) is 2.76. The monoisotopic (exact) mass is 197 g/mol. The molecule has 0 spiro atoms. The Hall–Kier alpha value is -1.80. The first-order valence-electron chi connectivity index (χ1n) is 4.98. The minimum Gasteiger partial charge on any atom is -0.464 e. The molecular formula is C13H11NO. The van der Waals surface area contributed by atoms with Gasteiger partial charge in [-0.1, -0.05) is 30.3 Å². The molecule has 0 unspecified atom stereocenters. The maximum atomic E-state index is 5.69. The first kappa shape index (κ1) is 8.50. The fourth-order valence-corrected chi connectivity index (χ4v) is 2.02. The highest BCUT2D eigenvalue weighted by atomic mass is 16.3. The Kier molecular flexibility index (Phi) is 1.76. The van der Waals surface area contributed by atoms with Gasteiger partial charge in [0, 0.05) is 17.5 Å². The van der Waals surface area contributed by atoms with Crippen molar-refractivity contribution in [2.24, 2.45) is 5.73 Å². The topological polar surface area (TPSA) is 39.2 Å². The number of fused-ring (bicyclic) bond motifs is 3. The summed E-state index contributed by atoms with van der Waals surface area (Å²) in [5.74, 6) is 0. The minimum atomic E-state index is 0.515. The highest BCUT2D eigenvalue weighted by Crippen LogP contribution is 2.29. The van der Waals surface area contributed by atoms with Crippen molar-refractivity contribution in [3.63, 3.8) is 0 Å². The summed E-state index contributed by atoms with van der Waals surface area (Å²) in [6.45, 7) is 0.515. The van der Waals surface area contributed by atoms with E-state index in [1.165, 1.54) is 10.8 Å². The number of rotatable bonds is 1. The quantitative estimate of drug-likeness (QED) is 0.651. The first-order chi connectivity index (χ1) is 7.40. The van der Waals surface area contributed by atoms with Crippen LogP contribution < -0.4 is 5.73 Å². The summed E-state index contributed by atoms with van der Waals surface area (Å²) in [6, 6.07) is 12.3. The van der Waals surface area contributed by atoms with E-state index in [4.69, 9.17) is 10.2 Å². The van der Waals surface area contributed by atoms with Crippen molar-refractivity contribution in [2.75, 3.05) is 0 Å². The summed E-state index contributed by atoms with van der Waals surface area (Å²) in [7, 11) is 0. The van der Waals surface area contributed by atoms with Crippen LogP contribution in [-0.2, 0) is 6.54 Å². The van der Waals surface area contributed by atoms with Gasteiger partial charge in [0.2, 0.25) is 0 Å². The molecule has 0 saturated heterocycles. The Bertz CT molecular complexity index is 625. The van der Waals surface area contributed by atoms with Crippen LogP contribution in [-0.4, -0.2) is 0 Å². The molecule has 1 aromatic heterocycles. The standard InChI is InChI=1S/C13H11NO/c14-7-10-8-15-12-6-5-9-3-1-2-4-11(9)13(10)12/h1-6,8H,7,14H2. The maximum Gasteiger partial charge on any atom is 0.134 e. The molecule has 2 aromatic carbocycles. The Labute approximate surface area is 87.3 Å².